The standard InChI is InChI=1S/C21H22N2OSi/c1-25(2,3)14-8-10-18(16-24)20-15-17-9-4-5-11-19(17)23(20)21-12-6-7-13-22-21/h4-7,9-13,15,24H,16H2,1-3H3/b18-10+. The van der Waals surface area contributed by atoms with E-state index in [-0.39, 0.29) is 6.61 Å². The molecule has 0 aliphatic carbocycles. The Morgan fingerprint density at radius 2 is 1.92 bits per heavy atom. The minimum Gasteiger partial charge on any atom is -0.392 e. The first-order valence-electron chi connectivity index (χ1n) is 8.34. The lowest BCUT2D eigenvalue weighted by Crippen LogP contribution is -2.16. The minimum atomic E-state index is -1.45. The van der Waals surface area contributed by atoms with E-state index < -0.39 is 8.07 Å². The molecule has 0 saturated carbocycles. The molecule has 0 aliphatic heterocycles. The molecule has 3 aromatic rings. The zero-order valence-electron chi connectivity index (χ0n) is 14.8. The van der Waals surface area contributed by atoms with Crippen molar-refractivity contribution in [2.75, 3.05) is 6.61 Å². The summed E-state index contributed by atoms with van der Waals surface area (Å²) in [5.74, 6) is 3.98. The van der Waals surface area contributed by atoms with Crippen LogP contribution in [0.1, 0.15) is 5.69 Å². The zero-order valence-corrected chi connectivity index (χ0v) is 15.8. The fourth-order valence-corrected chi connectivity index (χ4v) is 3.17. The Bertz CT molecular complexity index is 970. The third-order valence-electron chi connectivity index (χ3n) is 3.78. The van der Waals surface area contributed by atoms with E-state index in [4.69, 9.17) is 0 Å². The first-order chi connectivity index (χ1) is 12.0. The normalized spacial score (nSPS) is 12.1. The van der Waals surface area contributed by atoms with E-state index in [1.165, 1.54) is 0 Å². The fourth-order valence-electron chi connectivity index (χ4n) is 2.66. The SMILES string of the molecule is C[Si](C)(C)C#C/C=C(\CO)c1cc2ccccc2n1-c1ccccn1. The number of hydrogen-bond donors (Lipinski definition) is 1. The maximum atomic E-state index is 9.95. The van der Waals surface area contributed by atoms with Gasteiger partial charge in [0.15, 0.2) is 0 Å². The smallest absolute Gasteiger partial charge is 0.137 e. The van der Waals surface area contributed by atoms with E-state index in [0.717, 1.165) is 28.0 Å². The van der Waals surface area contributed by atoms with E-state index >= 15 is 0 Å². The van der Waals surface area contributed by atoms with Crippen LogP contribution in [-0.2, 0) is 0 Å². The molecule has 1 N–H and O–H groups in total. The summed E-state index contributed by atoms with van der Waals surface area (Å²) in [5, 5.41) is 11.1. The third kappa shape index (κ3) is 3.90. The monoisotopic (exact) mass is 346 g/mol. The number of pyridine rings is 1. The van der Waals surface area contributed by atoms with Gasteiger partial charge in [-0.15, -0.1) is 5.54 Å². The van der Waals surface area contributed by atoms with Gasteiger partial charge in [0.05, 0.1) is 17.8 Å². The van der Waals surface area contributed by atoms with Gasteiger partial charge in [-0.3, -0.25) is 4.57 Å². The Hall–Kier alpha value is -2.61. The third-order valence-corrected chi connectivity index (χ3v) is 4.68. The molecule has 1 aromatic carbocycles. The molecule has 0 unspecified atom stereocenters. The number of aliphatic hydroxyl groups is 1. The number of hydrogen-bond acceptors (Lipinski definition) is 2. The van der Waals surface area contributed by atoms with E-state index in [0.29, 0.717) is 0 Å². The van der Waals surface area contributed by atoms with Gasteiger partial charge in [-0.2, -0.15) is 0 Å². The lowest BCUT2D eigenvalue weighted by Gasteiger charge is -2.11. The van der Waals surface area contributed by atoms with Gasteiger partial charge in [0, 0.05) is 17.2 Å². The Balaban J connectivity index is 2.21. The molecular weight excluding hydrogens is 324 g/mol. The highest BCUT2D eigenvalue weighted by Crippen LogP contribution is 2.27. The predicted octanol–water partition coefficient (Wildman–Crippen LogP) is 4.28. The Morgan fingerprint density at radius 3 is 2.60 bits per heavy atom. The van der Waals surface area contributed by atoms with Crippen LogP contribution in [0.4, 0.5) is 0 Å². The second-order valence-electron chi connectivity index (χ2n) is 6.96. The van der Waals surface area contributed by atoms with Crippen molar-refractivity contribution in [2.24, 2.45) is 0 Å². The van der Waals surface area contributed by atoms with Gasteiger partial charge < -0.3 is 5.11 Å². The Kier molecular flexibility index (Phi) is 4.89. The molecule has 25 heavy (non-hydrogen) atoms. The number of allylic oxidation sites excluding steroid dienone is 1. The van der Waals surface area contributed by atoms with Gasteiger partial charge in [-0.25, -0.2) is 4.98 Å². The topological polar surface area (TPSA) is 38.0 Å². The summed E-state index contributed by atoms with van der Waals surface area (Å²) in [5.41, 5.74) is 6.11. The van der Waals surface area contributed by atoms with Gasteiger partial charge in [0.25, 0.3) is 0 Å². The lowest BCUT2D eigenvalue weighted by molar-refractivity contribution is 0.349. The van der Waals surface area contributed by atoms with E-state index in [1.807, 2.05) is 36.4 Å². The quantitative estimate of drug-likeness (QED) is 0.568. The van der Waals surface area contributed by atoms with Crippen molar-refractivity contribution in [3.63, 3.8) is 0 Å². The van der Waals surface area contributed by atoms with Crippen molar-refractivity contribution in [3.8, 4) is 17.3 Å². The van der Waals surface area contributed by atoms with E-state index in [9.17, 15) is 5.11 Å². The molecule has 0 aliphatic rings. The van der Waals surface area contributed by atoms with Crippen molar-refractivity contribution in [2.45, 2.75) is 19.6 Å². The zero-order chi connectivity index (χ0) is 17.9. The molecule has 3 nitrogen and oxygen atoms in total. The highest BCUT2D eigenvalue weighted by molar-refractivity contribution is 6.83. The molecule has 2 heterocycles. The van der Waals surface area contributed by atoms with Gasteiger partial charge in [0.1, 0.15) is 13.9 Å². The van der Waals surface area contributed by atoms with Crippen LogP contribution in [-0.4, -0.2) is 29.3 Å². The molecule has 3 rings (SSSR count). The van der Waals surface area contributed by atoms with Gasteiger partial charge in [0.2, 0.25) is 0 Å². The fraction of sp³-hybridized carbons (Fsp3) is 0.190. The highest BCUT2D eigenvalue weighted by atomic mass is 28.3. The van der Waals surface area contributed by atoms with Crippen LogP contribution < -0.4 is 0 Å². The first-order valence-corrected chi connectivity index (χ1v) is 11.8. The summed E-state index contributed by atoms with van der Waals surface area (Å²) in [6.45, 7) is 6.55. The van der Waals surface area contributed by atoms with Crippen molar-refractivity contribution >= 4 is 24.5 Å². The Morgan fingerprint density at radius 1 is 1.16 bits per heavy atom. The number of aliphatic hydroxyl groups excluding tert-OH is 1. The van der Waals surface area contributed by atoms with Crippen LogP contribution in [0.15, 0.2) is 60.8 Å². The lowest BCUT2D eigenvalue weighted by atomic mass is 10.1. The average molecular weight is 347 g/mol. The average Bonchev–Trinajstić information content (AvgIpc) is 2.98. The highest BCUT2D eigenvalue weighted by Gasteiger charge is 2.14. The predicted molar refractivity (Wildman–Crippen MR) is 107 cm³/mol. The molecule has 0 amide bonds. The molecule has 4 heteroatoms. The van der Waals surface area contributed by atoms with Crippen molar-refractivity contribution in [3.05, 3.63) is 66.5 Å². The maximum Gasteiger partial charge on any atom is 0.137 e. The largest absolute Gasteiger partial charge is 0.392 e. The molecule has 0 radical (unpaired) electrons. The van der Waals surface area contributed by atoms with Crippen LogP contribution in [0.25, 0.3) is 22.3 Å². The maximum absolute atomic E-state index is 9.95. The molecule has 0 saturated heterocycles. The number of para-hydroxylation sites is 1. The summed E-state index contributed by atoms with van der Waals surface area (Å²) >= 11 is 0. The van der Waals surface area contributed by atoms with Gasteiger partial charge >= 0.3 is 0 Å². The first kappa shape index (κ1) is 17.2. The second-order valence-corrected chi connectivity index (χ2v) is 11.7. The number of rotatable bonds is 3. The molecule has 0 fully saturated rings. The Labute approximate surface area is 149 Å². The number of benzene rings is 1. The summed E-state index contributed by atoms with van der Waals surface area (Å²) in [4.78, 5) is 4.49. The van der Waals surface area contributed by atoms with Crippen molar-refractivity contribution in [1.82, 2.24) is 9.55 Å². The summed E-state index contributed by atoms with van der Waals surface area (Å²) in [6, 6.07) is 16.1. The second kappa shape index (κ2) is 7.10. The molecule has 2 aromatic heterocycles. The van der Waals surface area contributed by atoms with E-state index in [2.05, 4.69) is 58.9 Å². The van der Waals surface area contributed by atoms with Gasteiger partial charge in [-0.05, 0) is 30.3 Å². The van der Waals surface area contributed by atoms with Gasteiger partial charge in [-0.1, -0.05) is 49.8 Å². The van der Waals surface area contributed by atoms with Crippen LogP contribution in [0.2, 0.25) is 19.6 Å². The van der Waals surface area contributed by atoms with Crippen LogP contribution in [0, 0.1) is 11.5 Å². The van der Waals surface area contributed by atoms with E-state index in [1.54, 1.807) is 6.20 Å². The number of fused-ring (bicyclic) bond motifs is 1. The van der Waals surface area contributed by atoms with Crippen molar-refractivity contribution < 1.29 is 5.11 Å². The van der Waals surface area contributed by atoms with Crippen LogP contribution >= 0.6 is 0 Å². The van der Waals surface area contributed by atoms with Crippen molar-refractivity contribution in [1.29, 1.82) is 0 Å². The number of aromatic nitrogens is 2. The summed E-state index contributed by atoms with van der Waals surface area (Å²) in [7, 11) is -1.45. The molecular formula is C21H22N2OSi. The minimum absolute atomic E-state index is 0.0659. The van der Waals surface area contributed by atoms with Crippen LogP contribution in [0.5, 0.6) is 0 Å². The molecule has 126 valence electrons. The molecule has 0 atom stereocenters. The molecule has 0 spiro atoms. The summed E-state index contributed by atoms with van der Waals surface area (Å²) < 4.78 is 2.08. The summed E-state index contributed by atoms with van der Waals surface area (Å²) in [6.07, 6.45) is 3.62. The van der Waals surface area contributed by atoms with Crippen LogP contribution in [0.3, 0.4) is 0 Å². The molecule has 0 bridgehead atoms. The number of nitrogens with zero attached hydrogens (tertiary/aromatic N) is 2.